The molecular weight excluding hydrogens is 337 g/mol. The number of amides is 1. The molecule has 1 amide bonds. The Morgan fingerprint density at radius 2 is 1.92 bits per heavy atom. The van der Waals surface area contributed by atoms with Crippen LogP contribution in [0.2, 0.25) is 0 Å². The molecule has 1 aromatic heterocycles. The van der Waals surface area contributed by atoms with E-state index in [9.17, 15) is 26.7 Å². The lowest BCUT2D eigenvalue weighted by atomic mass is 9.97. The van der Waals surface area contributed by atoms with Crippen LogP contribution in [0.1, 0.15) is 12.8 Å². The zero-order valence-electron chi connectivity index (χ0n) is 12.2. The van der Waals surface area contributed by atoms with Crippen LogP contribution < -0.4 is 4.74 Å². The molecule has 1 aromatic carbocycles. The number of carbonyl (C=O) groups excluding carboxylic acids is 1. The summed E-state index contributed by atoms with van der Waals surface area (Å²) in [6.07, 6.45) is -5.66. The number of hydrogen-bond acceptors (Lipinski definition) is 3. The number of hydrogen-bond donors (Lipinski definition) is 1. The number of halogens is 5. The van der Waals surface area contributed by atoms with Gasteiger partial charge in [0.05, 0.1) is 16.8 Å². The summed E-state index contributed by atoms with van der Waals surface area (Å²) >= 11 is 0. The van der Waals surface area contributed by atoms with E-state index in [0.29, 0.717) is 6.07 Å². The number of rotatable bonds is 1. The molecule has 24 heavy (non-hydrogen) atoms. The highest BCUT2D eigenvalue weighted by Gasteiger charge is 2.42. The normalized spacial score (nSPS) is 16.6. The molecule has 1 aliphatic rings. The van der Waals surface area contributed by atoms with E-state index in [-0.39, 0.29) is 42.7 Å². The van der Waals surface area contributed by atoms with E-state index in [1.165, 1.54) is 0 Å². The van der Waals surface area contributed by atoms with Crippen molar-refractivity contribution in [3.63, 3.8) is 0 Å². The van der Waals surface area contributed by atoms with Crippen LogP contribution in [0.4, 0.5) is 26.7 Å². The van der Waals surface area contributed by atoms with Crippen LogP contribution in [0.15, 0.2) is 12.1 Å². The summed E-state index contributed by atoms with van der Waals surface area (Å²) < 4.78 is 69.6. The van der Waals surface area contributed by atoms with Crippen LogP contribution in [-0.4, -0.2) is 40.5 Å². The number of H-pyrrole nitrogens is 1. The van der Waals surface area contributed by atoms with Gasteiger partial charge < -0.3 is 9.64 Å². The average Bonchev–Trinajstić information content (AvgIpc) is 2.89. The number of fused-ring (bicyclic) bond motifs is 1. The molecule has 0 radical (unpaired) electrons. The quantitative estimate of drug-likeness (QED) is 0.800. The molecule has 1 fully saturated rings. The van der Waals surface area contributed by atoms with Gasteiger partial charge >= 0.3 is 12.3 Å². The van der Waals surface area contributed by atoms with E-state index in [0.717, 1.165) is 11.0 Å². The summed E-state index contributed by atoms with van der Waals surface area (Å²) in [5.74, 6) is -3.62. The standard InChI is InChI=1S/C14H12F5N3O2/c15-8-5-9(16)11-10(6-8)20-21-12(11)24-13(23)22-3-1-7(2-4-22)14(17,18)19/h5-7H,1-4H2,(H,20,21). The van der Waals surface area contributed by atoms with Crippen molar-refractivity contribution >= 4 is 17.0 Å². The molecule has 130 valence electrons. The second-order valence-electron chi connectivity index (χ2n) is 5.51. The second-order valence-corrected chi connectivity index (χ2v) is 5.51. The van der Waals surface area contributed by atoms with Crippen LogP contribution in [0, 0.1) is 17.6 Å². The number of nitrogens with zero attached hydrogens (tertiary/aromatic N) is 2. The first kappa shape index (κ1) is 16.5. The van der Waals surface area contributed by atoms with Crippen molar-refractivity contribution in [2.24, 2.45) is 5.92 Å². The van der Waals surface area contributed by atoms with Crippen molar-refractivity contribution < 1.29 is 31.5 Å². The molecule has 5 nitrogen and oxygen atoms in total. The Kier molecular flexibility index (Phi) is 4.06. The third-order valence-electron chi connectivity index (χ3n) is 3.95. The number of aromatic amines is 1. The second kappa shape index (κ2) is 5.91. The number of benzene rings is 1. The summed E-state index contributed by atoms with van der Waals surface area (Å²) in [4.78, 5) is 13.1. The van der Waals surface area contributed by atoms with E-state index >= 15 is 0 Å². The van der Waals surface area contributed by atoms with Gasteiger partial charge in [-0.05, 0) is 18.9 Å². The highest BCUT2D eigenvalue weighted by atomic mass is 19.4. The highest BCUT2D eigenvalue weighted by molar-refractivity contribution is 5.87. The number of alkyl halides is 3. The van der Waals surface area contributed by atoms with Gasteiger partial charge in [-0.15, -0.1) is 5.10 Å². The maximum absolute atomic E-state index is 13.8. The molecule has 1 aliphatic heterocycles. The van der Waals surface area contributed by atoms with E-state index < -0.39 is 29.8 Å². The fourth-order valence-electron chi connectivity index (χ4n) is 2.66. The third kappa shape index (κ3) is 3.13. The van der Waals surface area contributed by atoms with Crippen LogP contribution in [0.3, 0.4) is 0 Å². The Morgan fingerprint density at radius 3 is 2.54 bits per heavy atom. The van der Waals surface area contributed by atoms with Crippen LogP contribution in [0.25, 0.3) is 10.9 Å². The summed E-state index contributed by atoms with van der Waals surface area (Å²) in [7, 11) is 0. The maximum Gasteiger partial charge on any atom is 0.416 e. The Hall–Kier alpha value is -2.39. The molecule has 1 saturated heterocycles. The van der Waals surface area contributed by atoms with Crippen molar-refractivity contribution in [3.05, 3.63) is 23.8 Å². The first-order chi connectivity index (χ1) is 11.3. The number of piperidine rings is 1. The number of aromatic nitrogens is 2. The van der Waals surface area contributed by atoms with E-state index in [4.69, 9.17) is 4.74 Å². The van der Waals surface area contributed by atoms with Gasteiger partial charge in [0.25, 0.3) is 5.88 Å². The monoisotopic (exact) mass is 349 g/mol. The smallest absolute Gasteiger partial charge is 0.389 e. The zero-order valence-corrected chi connectivity index (χ0v) is 12.2. The van der Waals surface area contributed by atoms with Crippen LogP contribution in [0.5, 0.6) is 5.88 Å². The molecule has 0 spiro atoms. The maximum atomic E-state index is 13.8. The van der Waals surface area contributed by atoms with Gasteiger partial charge in [0.2, 0.25) is 0 Å². The van der Waals surface area contributed by atoms with Crippen molar-refractivity contribution in [2.75, 3.05) is 13.1 Å². The van der Waals surface area contributed by atoms with Gasteiger partial charge in [0.1, 0.15) is 11.6 Å². The molecule has 2 aromatic rings. The summed E-state index contributed by atoms with van der Waals surface area (Å²) in [6.45, 7) is -0.245. The molecule has 0 saturated carbocycles. The predicted molar refractivity (Wildman–Crippen MR) is 72.4 cm³/mol. The van der Waals surface area contributed by atoms with Crippen molar-refractivity contribution in [1.82, 2.24) is 15.1 Å². The molecule has 0 bridgehead atoms. The number of likely N-dealkylation sites (tertiary alicyclic amines) is 1. The van der Waals surface area contributed by atoms with E-state index in [2.05, 4.69) is 10.2 Å². The zero-order chi connectivity index (χ0) is 17.5. The van der Waals surface area contributed by atoms with Gasteiger partial charge in [-0.1, -0.05) is 0 Å². The predicted octanol–water partition coefficient (Wildman–Crippen LogP) is 3.61. The minimum absolute atomic E-state index is 0.00563. The minimum atomic E-state index is -4.29. The molecule has 0 aliphatic carbocycles. The van der Waals surface area contributed by atoms with Crippen molar-refractivity contribution in [3.8, 4) is 5.88 Å². The number of ether oxygens (including phenoxy) is 1. The van der Waals surface area contributed by atoms with Crippen molar-refractivity contribution in [2.45, 2.75) is 19.0 Å². The number of nitrogens with one attached hydrogen (secondary N) is 1. The number of carbonyl (C=O) groups is 1. The molecule has 2 heterocycles. The minimum Gasteiger partial charge on any atom is -0.389 e. The summed E-state index contributed by atoms with van der Waals surface area (Å²) in [6, 6.07) is 1.60. The Balaban J connectivity index is 1.70. The lowest BCUT2D eigenvalue weighted by molar-refractivity contribution is -0.183. The van der Waals surface area contributed by atoms with E-state index in [1.807, 2.05) is 0 Å². The molecule has 10 heteroatoms. The van der Waals surface area contributed by atoms with Gasteiger partial charge in [0.15, 0.2) is 0 Å². The van der Waals surface area contributed by atoms with Gasteiger partial charge in [-0.3, -0.25) is 5.10 Å². The molecular formula is C14H12F5N3O2. The SMILES string of the molecule is O=C(Oc1n[nH]c2cc(F)cc(F)c12)N1CCC(C(F)(F)F)CC1. The fraction of sp³-hybridized carbons (Fsp3) is 0.429. The molecule has 1 N–H and O–H groups in total. The molecule has 3 rings (SSSR count). The third-order valence-corrected chi connectivity index (χ3v) is 3.95. The van der Waals surface area contributed by atoms with Gasteiger partial charge in [-0.2, -0.15) is 13.2 Å². The Bertz CT molecular complexity index is 766. The highest BCUT2D eigenvalue weighted by Crippen LogP contribution is 2.34. The first-order valence-electron chi connectivity index (χ1n) is 7.12. The lowest BCUT2D eigenvalue weighted by Gasteiger charge is -2.31. The average molecular weight is 349 g/mol. The lowest BCUT2D eigenvalue weighted by Crippen LogP contribution is -2.43. The fourth-order valence-corrected chi connectivity index (χ4v) is 2.66. The van der Waals surface area contributed by atoms with Crippen LogP contribution in [-0.2, 0) is 0 Å². The Labute approximate surface area is 132 Å². The largest absolute Gasteiger partial charge is 0.416 e. The first-order valence-corrected chi connectivity index (χ1v) is 7.12. The van der Waals surface area contributed by atoms with Crippen LogP contribution >= 0.6 is 0 Å². The molecule has 0 unspecified atom stereocenters. The topological polar surface area (TPSA) is 58.2 Å². The summed E-state index contributed by atoms with van der Waals surface area (Å²) in [5.41, 5.74) is 0.00563. The van der Waals surface area contributed by atoms with Gasteiger partial charge in [0, 0.05) is 19.2 Å². The Morgan fingerprint density at radius 1 is 1.25 bits per heavy atom. The summed E-state index contributed by atoms with van der Waals surface area (Å²) in [5, 5.41) is 5.74. The van der Waals surface area contributed by atoms with E-state index in [1.54, 1.807) is 0 Å². The van der Waals surface area contributed by atoms with Gasteiger partial charge in [-0.25, -0.2) is 13.6 Å². The molecule has 0 atom stereocenters. The van der Waals surface area contributed by atoms with Crippen molar-refractivity contribution in [1.29, 1.82) is 0 Å².